The van der Waals surface area contributed by atoms with Crippen LogP contribution in [-0.4, -0.2) is 47.3 Å². The highest BCUT2D eigenvalue weighted by Crippen LogP contribution is 2.19. The number of rotatable bonds is 1. The third-order valence-electron chi connectivity index (χ3n) is 3.43. The summed E-state index contributed by atoms with van der Waals surface area (Å²) >= 11 is 0. The first-order valence-corrected chi connectivity index (χ1v) is 7.42. The molecule has 1 amide bonds. The molecular formula is C16H22N4O2. The van der Waals surface area contributed by atoms with Gasteiger partial charge in [-0.2, -0.15) is 5.26 Å². The summed E-state index contributed by atoms with van der Waals surface area (Å²) in [5, 5.41) is 8.93. The number of ether oxygens (including phenoxy) is 1. The minimum Gasteiger partial charge on any atom is -0.444 e. The number of carbonyl (C=O) groups excluding carboxylic acids is 1. The van der Waals surface area contributed by atoms with Crippen molar-refractivity contribution in [3.05, 3.63) is 23.9 Å². The summed E-state index contributed by atoms with van der Waals surface area (Å²) in [6.45, 7) is 9.50. The van der Waals surface area contributed by atoms with E-state index >= 15 is 0 Å². The lowest BCUT2D eigenvalue weighted by Crippen LogP contribution is -2.55. The van der Waals surface area contributed by atoms with E-state index in [0.29, 0.717) is 25.3 Å². The maximum Gasteiger partial charge on any atom is 0.410 e. The van der Waals surface area contributed by atoms with Crippen LogP contribution in [0.4, 0.5) is 10.6 Å². The van der Waals surface area contributed by atoms with Gasteiger partial charge < -0.3 is 14.5 Å². The Morgan fingerprint density at radius 2 is 2.14 bits per heavy atom. The van der Waals surface area contributed by atoms with Crippen LogP contribution in [0.5, 0.6) is 0 Å². The zero-order valence-electron chi connectivity index (χ0n) is 13.5. The van der Waals surface area contributed by atoms with Crippen LogP contribution in [0.2, 0.25) is 0 Å². The van der Waals surface area contributed by atoms with Gasteiger partial charge in [0.05, 0.1) is 0 Å². The number of pyridine rings is 1. The van der Waals surface area contributed by atoms with E-state index < -0.39 is 5.60 Å². The lowest BCUT2D eigenvalue weighted by Gasteiger charge is -2.40. The molecule has 1 atom stereocenters. The van der Waals surface area contributed by atoms with Crippen molar-refractivity contribution in [3.8, 4) is 6.07 Å². The average molecular weight is 302 g/mol. The smallest absolute Gasteiger partial charge is 0.410 e. The second-order valence-electron chi connectivity index (χ2n) is 6.46. The molecule has 0 unspecified atom stereocenters. The van der Waals surface area contributed by atoms with Gasteiger partial charge in [0.1, 0.15) is 23.2 Å². The molecule has 118 valence electrons. The molecule has 1 aromatic rings. The lowest BCUT2D eigenvalue weighted by atomic mass is 10.2. The summed E-state index contributed by atoms with van der Waals surface area (Å²) in [6.07, 6.45) is -0.279. The molecule has 1 aliphatic rings. The molecule has 0 radical (unpaired) electrons. The number of carbonyl (C=O) groups is 1. The van der Waals surface area contributed by atoms with Gasteiger partial charge in [0, 0.05) is 25.7 Å². The molecule has 6 heteroatoms. The highest BCUT2D eigenvalue weighted by molar-refractivity contribution is 5.69. The zero-order valence-corrected chi connectivity index (χ0v) is 13.5. The number of nitriles is 1. The first kappa shape index (κ1) is 16.1. The topological polar surface area (TPSA) is 69.5 Å². The Kier molecular flexibility index (Phi) is 4.55. The number of anilines is 1. The van der Waals surface area contributed by atoms with Crippen molar-refractivity contribution < 1.29 is 9.53 Å². The zero-order chi connectivity index (χ0) is 16.3. The first-order chi connectivity index (χ1) is 10.3. The molecule has 1 aliphatic heterocycles. The fourth-order valence-electron chi connectivity index (χ4n) is 2.42. The van der Waals surface area contributed by atoms with E-state index in [0.717, 1.165) is 5.82 Å². The summed E-state index contributed by atoms with van der Waals surface area (Å²) in [4.78, 5) is 20.3. The van der Waals surface area contributed by atoms with Crippen LogP contribution < -0.4 is 4.90 Å². The molecule has 0 aromatic carbocycles. The van der Waals surface area contributed by atoms with Gasteiger partial charge in [-0.25, -0.2) is 9.78 Å². The molecule has 0 N–H and O–H groups in total. The molecule has 1 fully saturated rings. The van der Waals surface area contributed by atoms with Gasteiger partial charge in [0.25, 0.3) is 0 Å². The fourth-order valence-corrected chi connectivity index (χ4v) is 2.42. The average Bonchev–Trinajstić information content (AvgIpc) is 2.45. The summed E-state index contributed by atoms with van der Waals surface area (Å²) in [5.41, 5.74) is -0.0869. The van der Waals surface area contributed by atoms with Crippen LogP contribution in [0.3, 0.4) is 0 Å². The molecule has 0 spiro atoms. The molecule has 22 heavy (non-hydrogen) atoms. The van der Waals surface area contributed by atoms with Gasteiger partial charge >= 0.3 is 6.09 Å². The Labute approximate surface area is 131 Å². The maximum atomic E-state index is 12.2. The summed E-state index contributed by atoms with van der Waals surface area (Å²) in [5.74, 6) is 0.773. The molecule has 1 saturated heterocycles. The normalized spacial score (nSPS) is 18.8. The predicted molar refractivity (Wildman–Crippen MR) is 83.6 cm³/mol. The van der Waals surface area contributed by atoms with Crippen LogP contribution >= 0.6 is 0 Å². The van der Waals surface area contributed by atoms with Crippen molar-refractivity contribution in [2.75, 3.05) is 24.5 Å². The van der Waals surface area contributed by atoms with E-state index in [1.165, 1.54) is 0 Å². The molecule has 2 rings (SSSR count). The largest absolute Gasteiger partial charge is 0.444 e. The minimum atomic E-state index is -0.489. The van der Waals surface area contributed by atoms with Gasteiger partial charge in [-0.3, -0.25) is 0 Å². The van der Waals surface area contributed by atoms with E-state index in [1.807, 2.05) is 45.9 Å². The van der Waals surface area contributed by atoms with Crippen molar-refractivity contribution in [1.82, 2.24) is 9.88 Å². The number of piperazine rings is 1. The Morgan fingerprint density at radius 3 is 2.73 bits per heavy atom. The van der Waals surface area contributed by atoms with Crippen LogP contribution in [0.1, 0.15) is 33.4 Å². The second-order valence-corrected chi connectivity index (χ2v) is 6.46. The molecule has 6 nitrogen and oxygen atoms in total. The van der Waals surface area contributed by atoms with Crippen LogP contribution in [0.15, 0.2) is 18.2 Å². The Morgan fingerprint density at radius 1 is 1.41 bits per heavy atom. The standard InChI is InChI=1S/C16H22N4O2/c1-12-11-19(14-7-5-6-13(10-17)18-14)8-9-20(12)15(21)22-16(2,3)4/h5-7,12H,8-9,11H2,1-4H3/t12-/m1/s1. The van der Waals surface area contributed by atoms with Crippen molar-refractivity contribution >= 4 is 11.9 Å². The van der Waals surface area contributed by atoms with Crippen molar-refractivity contribution in [1.29, 1.82) is 5.26 Å². The molecule has 0 bridgehead atoms. The first-order valence-electron chi connectivity index (χ1n) is 7.42. The number of aromatic nitrogens is 1. The minimum absolute atomic E-state index is 0.0242. The van der Waals surface area contributed by atoms with E-state index in [9.17, 15) is 4.79 Å². The quantitative estimate of drug-likeness (QED) is 0.796. The third kappa shape index (κ3) is 3.88. The number of amides is 1. The maximum absolute atomic E-state index is 12.2. The monoisotopic (exact) mass is 302 g/mol. The number of nitrogens with zero attached hydrogens (tertiary/aromatic N) is 4. The van der Waals surface area contributed by atoms with Crippen LogP contribution in [0, 0.1) is 11.3 Å². The van der Waals surface area contributed by atoms with Crippen molar-refractivity contribution in [2.24, 2.45) is 0 Å². The highest BCUT2D eigenvalue weighted by atomic mass is 16.6. The molecular weight excluding hydrogens is 280 g/mol. The van der Waals surface area contributed by atoms with E-state index in [2.05, 4.69) is 9.88 Å². The van der Waals surface area contributed by atoms with E-state index in [4.69, 9.17) is 10.00 Å². The fraction of sp³-hybridized carbons (Fsp3) is 0.562. The SMILES string of the molecule is C[C@@H]1CN(c2cccc(C#N)n2)CCN1C(=O)OC(C)(C)C. The van der Waals surface area contributed by atoms with Gasteiger partial charge in [-0.15, -0.1) is 0 Å². The Balaban J connectivity index is 2.03. The van der Waals surface area contributed by atoms with Crippen LogP contribution in [-0.2, 0) is 4.74 Å². The Hall–Kier alpha value is -2.29. The molecule has 1 aromatic heterocycles. The van der Waals surface area contributed by atoms with Gasteiger partial charge in [-0.05, 0) is 39.8 Å². The molecule has 0 aliphatic carbocycles. The Bertz CT molecular complexity index is 589. The lowest BCUT2D eigenvalue weighted by molar-refractivity contribution is 0.0158. The van der Waals surface area contributed by atoms with Gasteiger partial charge in [-0.1, -0.05) is 6.07 Å². The summed E-state index contributed by atoms with van der Waals surface area (Å²) in [6, 6.07) is 7.47. The van der Waals surface area contributed by atoms with E-state index in [1.54, 1.807) is 11.0 Å². The highest BCUT2D eigenvalue weighted by Gasteiger charge is 2.31. The van der Waals surface area contributed by atoms with Gasteiger partial charge in [0.2, 0.25) is 0 Å². The third-order valence-corrected chi connectivity index (χ3v) is 3.43. The number of hydrogen-bond donors (Lipinski definition) is 0. The van der Waals surface area contributed by atoms with Gasteiger partial charge in [0.15, 0.2) is 0 Å². The summed E-state index contributed by atoms with van der Waals surface area (Å²) < 4.78 is 5.43. The van der Waals surface area contributed by atoms with Crippen molar-refractivity contribution in [2.45, 2.75) is 39.3 Å². The molecule has 2 heterocycles. The van der Waals surface area contributed by atoms with Crippen molar-refractivity contribution in [3.63, 3.8) is 0 Å². The number of hydrogen-bond acceptors (Lipinski definition) is 5. The second kappa shape index (κ2) is 6.22. The molecule has 0 saturated carbocycles. The van der Waals surface area contributed by atoms with Crippen LogP contribution in [0.25, 0.3) is 0 Å². The summed E-state index contributed by atoms with van der Waals surface area (Å²) in [7, 11) is 0. The van der Waals surface area contributed by atoms with E-state index in [-0.39, 0.29) is 12.1 Å². The predicted octanol–water partition coefficient (Wildman–Crippen LogP) is 2.40.